The van der Waals surface area contributed by atoms with E-state index in [0.717, 1.165) is 37.9 Å². The average Bonchev–Trinajstić information content (AvgIpc) is 3.08. The number of rotatable bonds is 8. The quantitative estimate of drug-likeness (QED) is 0.317. The summed E-state index contributed by atoms with van der Waals surface area (Å²) in [6.07, 6.45) is 14.5. The van der Waals surface area contributed by atoms with E-state index in [1.54, 1.807) is 0 Å². The van der Waals surface area contributed by atoms with Crippen molar-refractivity contribution in [3.8, 4) is 0 Å². The fourth-order valence-electron chi connectivity index (χ4n) is 9.36. The minimum Gasteiger partial charge on any atom is -0.270 e. The highest BCUT2D eigenvalue weighted by atomic mass is 32.2. The summed E-state index contributed by atoms with van der Waals surface area (Å²) < 4.78 is 58.4. The predicted molar refractivity (Wildman–Crippen MR) is 134 cm³/mol. The zero-order chi connectivity index (χ0) is 24.9. The molecule has 4 fully saturated rings. The van der Waals surface area contributed by atoms with Crippen molar-refractivity contribution in [2.45, 2.75) is 97.5 Å². The van der Waals surface area contributed by atoms with E-state index in [2.05, 4.69) is 20.8 Å². The fourth-order valence-corrected chi connectivity index (χ4v) is 10.5. The number of hydrogen-bond donors (Lipinski definition) is 0. The molecule has 198 valence electrons. The molecule has 0 aromatic carbocycles. The van der Waals surface area contributed by atoms with Gasteiger partial charge in [-0.05, 0) is 98.7 Å². The molecule has 0 aromatic heterocycles. The van der Waals surface area contributed by atoms with Crippen LogP contribution in [-0.4, -0.2) is 42.1 Å². The van der Waals surface area contributed by atoms with E-state index in [1.807, 2.05) is 0 Å². The molecule has 4 aliphatic carbocycles. The molecule has 0 unspecified atom stereocenters. The molecule has 0 saturated heterocycles. The molecule has 4 rings (SSSR count). The molecule has 0 aromatic rings. The van der Waals surface area contributed by atoms with Gasteiger partial charge in [0.05, 0.1) is 25.2 Å². The highest BCUT2D eigenvalue weighted by molar-refractivity contribution is 7.86. The molecular weight excluding hydrogens is 472 g/mol. The summed E-state index contributed by atoms with van der Waals surface area (Å²) in [4.78, 5) is 0. The van der Waals surface area contributed by atoms with Gasteiger partial charge in [0.2, 0.25) is 0 Å². The molecule has 0 radical (unpaired) electrons. The number of fused-ring (bicyclic) bond motifs is 5. The lowest BCUT2D eigenvalue weighted by molar-refractivity contribution is -0.159. The van der Waals surface area contributed by atoms with Crippen LogP contribution in [0.15, 0.2) is 0 Å². The van der Waals surface area contributed by atoms with E-state index in [1.165, 1.54) is 44.8 Å². The molecule has 9 atom stereocenters. The molecule has 4 saturated carbocycles. The van der Waals surface area contributed by atoms with Crippen LogP contribution in [0, 0.1) is 46.3 Å². The summed E-state index contributed by atoms with van der Waals surface area (Å²) in [6.45, 7) is 7.29. The molecule has 0 amide bonds. The Bertz CT molecular complexity index is 946. The molecule has 0 bridgehead atoms. The van der Waals surface area contributed by atoms with Crippen molar-refractivity contribution in [2.75, 3.05) is 19.1 Å². The van der Waals surface area contributed by atoms with E-state index in [0.29, 0.717) is 41.4 Å². The van der Waals surface area contributed by atoms with Crippen molar-refractivity contribution in [3.05, 3.63) is 0 Å². The Hall–Kier alpha value is -0.180. The van der Waals surface area contributed by atoms with Gasteiger partial charge in [-0.2, -0.15) is 16.8 Å². The predicted octanol–water partition coefficient (Wildman–Crippen LogP) is 5.38. The van der Waals surface area contributed by atoms with Crippen molar-refractivity contribution in [3.63, 3.8) is 0 Å². The van der Waals surface area contributed by atoms with E-state index in [-0.39, 0.29) is 18.1 Å². The third kappa shape index (κ3) is 5.12. The van der Waals surface area contributed by atoms with Crippen LogP contribution in [0.4, 0.5) is 0 Å². The highest BCUT2D eigenvalue weighted by Crippen LogP contribution is 2.69. The Morgan fingerprint density at radius 1 is 0.912 bits per heavy atom. The first-order valence-corrected chi connectivity index (χ1v) is 17.1. The van der Waals surface area contributed by atoms with Gasteiger partial charge in [0.15, 0.2) is 0 Å². The molecule has 0 spiro atoms. The third-order valence-electron chi connectivity index (χ3n) is 10.8. The van der Waals surface area contributed by atoms with Crippen molar-refractivity contribution >= 4 is 20.2 Å². The van der Waals surface area contributed by atoms with Crippen molar-refractivity contribution in [2.24, 2.45) is 46.3 Å². The average molecular weight is 519 g/mol. The lowest BCUT2D eigenvalue weighted by Gasteiger charge is -2.62. The maximum atomic E-state index is 12.4. The van der Waals surface area contributed by atoms with Gasteiger partial charge in [-0.3, -0.25) is 8.37 Å². The summed E-state index contributed by atoms with van der Waals surface area (Å²) in [5.74, 6) is 3.22. The van der Waals surface area contributed by atoms with Crippen LogP contribution in [-0.2, 0) is 28.6 Å². The Labute approximate surface area is 208 Å². The zero-order valence-electron chi connectivity index (χ0n) is 21.8. The van der Waals surface area contributed by atoms with Gasteiger partial charge in [0.25, 0.3) is 20.2 Å². The van der Waals surface area contributed by atoms with Gasteiger partial charge < -0.3 is 0 Å². The molecule has 0 N–H and O–H groups in total. The summed E-state index contributed by atoms with van der Waals surface area (Å²) in [5.41, 5.74) is 0.146. The van der Waals surface area contributed by atoms with Crippen LogP contribution in [0.2, 0.25) is 0 Å². The van der Waals surface area contributed by atoms with Crippen molar-refractivity contribution in [1.82, 2.24) is 0 Å². The maximum absolute atomic E-state index is 12.4. The first kappa shape index (κ1) is 26.9. The van der Waals surface area contributed by atoms with Gasteiger partial charge in [-0.15, -0.1) is 0 Å². The second-order valence-electron chi connectivity index (χ2n) is 12.6. The van der Waals surface area contributed by atoms with Crippen LogP contribution < -0.4 is 0 Å². The lowest BCUT2D eigenvalue weighted by Crippen LogP contribution is -2.59. The van der Waals surface area contributed by atoms with E-state index in [4.69, 9.17) is 8.37 Å². The van der Waals surface area contributed by atoms with Gasteiger partial charge in [0, 0.05) is 5.41 Å². The second-order valence-corrected chi connectivity index (χ2v) is 15.9. The van der Waals surface area contributed by atoms with E-state index < -0.39 is 20.2 Å². The topological polar surface area (TPSA) is 86.7 Å². The third-order valence-corrected chi connectivity index (χ3v) is 12.0. The Kier molecular flexibility index (Phi) is 7.59. The van der Waals surface area contributed by atoms with Gasteiger partial charge >= 0.3 is 0 Å². The molecule has 0 aliphatic heterocycles. The molecule has 4 aliphatic rings. The second kappa shape index (κ2) is 9.60. The summed E-state index contributed by atoms with van der Waals surface area (Å²) in [5, 5.41) is 0. The maximum Gasteiger partial charge on any atom is 0.264 e. The van der Waals surface area contributed by atoms with Gasteiger partial charge in [-0.25, -0.2) is 0 Å². The zero-order valence-corrected chi connectivity index (χ0v) is 23.4. The summed E-state index contributed by atoms with van der Waals surface area (Å²) in [7, 11) is -6.98. The van der Waals surface area contributed by atoms with E-state index in [9.17, 15) is 16.8 Å². The normalized spacial score (nSPS) is 43.6. The van der Waals surface area contributed by atoms with Crippen molar-refractivity contribution in [1.29, 1.82) is 0 Å². The number of hydrogen-bond acceptors (Lipinski definition) is 6. The monoisotopic (exact) mass is 518 g/mol. The first-order chi connectivity index (χ1) is 15.8. The lowest BCUT2D eigenvalue weighted by atomic mass is 9.44. The Morgan fingerprint density at radius 2 is 1.65 bits per heavy atom. The highest BCUT2D eigenvalue weighted by Gasteiger charge is 2.64. The summed E-state index contributed by atoms with van der Waals surface area (Å²) >= 11 is 0. The van der Waals surface area contributed by atoms with Crippen LogP contribution in [0.5, 0.6) is 0 Å². The fraction of sp³-hybridized carbons (Fsp3) is 1.00. The molecular formula is C26H46O6S2. The van der Waals surface area contributed by atoms with Crippen molar-refractivity contribution < 1.29 is 25.2 Å². The molecule has 6 nitrogen and oxygen atoms in total. The molecule has 8 heteroatoms. The van der Waals surface area contributed by atoms with Gasteiger partial charge in [0.1, 0.15) is 0 Å². The van der Waals surface area contributed by atoms with Crippen LogP contribution in [0.1, 0.15) is 91.4 Å². The largest absolute Gasteiger partial charge is 0.270 e. The standard InChI is InChI=1S/C26H46O6S2/c1-18(9-8-16-31-33(4,27)28)21-13-14-22-20-12-11-19-10-6-7-15-25(19,2)23(20)17-24(26(21,22)3)32-34(5,29)30/h18-24H,6-17H2,1-5H3/t18-,19+,20-,21+,22-,23-,24+,25-,26+/m0/s1. The summed E-state index contributed by atoms with van der Waals surface area (Å²) in [6, 6.07) is 0. The molecule has 0 heterocycles. The van der Waals surface area contributed by atoms with Crippen LogP contribution in [0.25, 0.3) is 0 Å². The Balaban J connectivity index is 1.58. The van der Waals surface area contributed by atoms with Crippen LogP contribution in [0.3, 0.4) is 0 Å². The smallest absolute Gasteiger partial charge is 0.264 e. The van der Waals surface area contributed by atoms with Gasteiger partial charge in [-0.1, -0.05) is 33.6 Å². The Morgan fingerprint density at radius 3 is 2.32 bits per heavy atom. The minimum atomic E-state index is -3.56. The van der Waals surface area contributed by atoms with Crippen LogP contribution >= 0.6 is 0 Å². The molecule has 34 heavy (non-hydrogen) atoms. The first-order valence-electron chi connectivity index (χ1n) is 13.5. The van der Waals surface area contributed by atoms with E-state index >= 15 is 0 Å². The SMILES string of the molecule is C[C@@H](CCCOS(C)(=O)=O)[C@H]1CC[C@H]2[C@@H]3CC[C@H]4CCCC[C@]4(C)[C@H]3C[C@@H](OS(C)(=O)=O)[C@]12C. The minimum absolute atomic E-state index is 0.167.